The molecule has 2 rings (SSSR count). The Bertz CT molecular complexity index is 466. The van der Waals surface area contributed by atoms with Crippen LogP contribution >= 0.6 is 0 Å². The SMILES string of the molecule is CC1CC(C)(C)N(C)c2cc(O)c(C=O)cc21. The van der Waals surface area contributed by atoms with Gasteiger partial charge in [-0.1, -0.05) is 6.92 Å². The van der Waals surface area contributed by atoms with E-state index in [0.717, 1.165) is 17.7 Å². The van der Waals surface area contributed by atoms with E-state index in [1.807, 2.05) is 13.1 Å². The van der Waals surface area contributed by atoms with Gasteiger partial charge in [0.25, 0.3) is 0 Å². The minimum Gasteiger partial charge on any atom is -0.507 e. The third-order valence-electron chi connectivity index (χ3n) is 3.91. The summed E-state index contributed by atoms with van der Waals surface area (Å²) in [6.45, 7) is 6.55. The number of benzene rings is 1. The molecule has 3 nitrogen and oxygen atoms in total. The Hall–Kier alpha value is -1.51. The Morgan fingerprint density at radius 3 is 2.71 bits per heavy atom. The summed E-state index contributed by atoms with van der Waals surface area (Å²) in [5.41, 5.74) is 2.62. The Kier molecular flexibility index (Phi) is 2.64. The summed E-state index contributed by atoms with van der Waals surface area (Å²) in [4.78, 5) is 13.0. The molecular weight excluding hydrogens is 214 g/mol. The van der Waals surface area contributed by atoms with E-state index in [4.69, 9.17) is 0 Å². The Morgan fingerprint density at radius 1 is 1.47 bits per heavy atom. The summed E-state index contributed by atoms with van der Waals surface area (Å²) < 4.78 is 0. The second-order valence-electron chi connectivity index (χ2n) is 5.56. The second-order valence-corrected chi connectivity index (χ2v) is 5.56. The zero-order chi connectivity index (χ0) is 12.8. The van der Waals surface area contributed by atoms with E-state index in [1.54, 1.807) is 6.07 Å². The summed E-state index contributed by atoms with van der Waals surface area (Å²) in [7, 11) is 2.03. The lowest BCUT2D eigenvalue weighted by molar-refractivity contribution is 0.112. The molecule has 0 radical (unpaired) electrons. The highest BCUT2D eigenvalue weighted by atomic mass is 16.3. The van der Waals surface area contributed by atoms with Crippen LogP contribution < -0.4 is 4.90 Å². The van der Waals surface area contributed by atoms with E-state index in [1.165, 1.54) is 0 Å². The minimum absolute atomic E-state index is 0.0653. The van der Waals surface area contributed by atoms with Gasteiger partial charge < -0.3 is 10.0 Å². The number of aromatic hydroxyl groups is 1. The Balaban J connectivity index is 2.61. The normalized spacial score (nSPS) is 22.1. The summed E-state index contributed by atoms with van der Waals surface area (Å²) in [6, 6.07) is 3.52. The molecule has 0 amide bonds. The van der Waals surface area contributed by atoms with Crippen molar-refractivity contribution in [2.75, 3.05) is 11.9 Å². The molecule has 0 fully saturated rings. The highest BCUT2D eigenvalue weighted by Crippen LogP contribution is 2.44. The molecule has 17 heavy (non-hydrogen) atoms. The summed E-state index contributed by atoms with van der Waals surface area (Å²) in [6.07, 6.45) is 1.75. The van der Waals surface area contributed by atoms with Crippen LogP contribution in [0.25, 0.3) is 0 Å². The van der Waals surface area contributed by atoms with Gasteiger partial charge >= 0.3 is 0 Å². The van der Waals surface area contributed by atoms with Crippen molar-refractivity contribution in [3.05, 3.63) is 23.3 Å². The summed E-state index contributed by atoms with van der Waals surface area (Å²) >= 11 is 0. The first kappa shape index (κ1) is 12.0. The molecule has 92 valence electrons. The van der Waals surface area contributed by atoms with Gasteiger partial charge in [0.2, 0.25) is 0 Å². The molecule has 1 aliphatic rings. The first-order valence-corrected chi connectivity index (χ1v) is 5.92. The molecule has 1 aromatic carbocycles. The van der Waals surface area contributed by atoms with Gasteiger partial charge in [0.1, 0.15) is 5.75 Å². The standard InChI is InChI=1S/C14H19NO2/c1-9-7-14(2,3)15(4)12-6-13(17)10(8-16)5-11(9)12/h5-6,8-9,17H,7H2,1-4H3. The highest BCUT2D eigenvalue weighted by Gasteiger charge is 2.34. The number of hydrogen-bond donors (Lipinski definition) is 1. The predicted octanol–water partition coefficient (Wildman–Crippen LogP) is 2.93. The molecule has 1 N–H and O–H groups in total. The number of hydrogen-bond acceptors (Lipinski definition) is 3. The topological polar surface area (TPSA) is 40.5 Å². The van der Waals surface area contributed by atoms with Crippen LogP contribution in [0.4, 0.5) is 5.69 Å². The molecule has 1 atom stereocenters. The lowest BCUT2D eigenvalue weighted by Crippen LogP contribution is -2.45. The molecule has 0 saturated heterocycles. The quantitative estimate of drug-likeness (QED) is 0.758. The lowest BCUT2D eigenvalue weighted by atomic mass is 9.80. The fourth-order valence-electron chi connectivity index (χ4n) is 2.71. The van der Waals surface area contributed by atoms with Crippen LogP contribution in [-0.2, 0) is 0 Å². The molecule has 1 aliphatic heterocycles. The van der Waals surface area contributed by atoms with Gasteiger partial charge in [0.15, 0.2) is 6.29 Å². The van der Waals surface area contributed by atoms with Crippen molar-refractivity contribution >= 4 is 12.0 Å². The van der Waals surface area contributed by atoms with E-state index in [-0.39, 0.29) is 11.3 Å². The van der Waals surface area contributed by atoms with Crippen molar-refractivity contribution in [3.63, 3.8) is 0 Å². The number of carbonyl (C=O) groups excluding carboxylic acids is 1. The van der Waals surface area contributed by atoms with Gasteiger partial charge in [-0.25, -0.2) is 0 Å². The Labute approximate surface area is 102 Å². The summed E-state index contributed by atoms with van der Waals surface area (Å²) in [5, 5.41) is 9.78. The molecule has 0 aromatic heterocycles. The van der Waals surface area contributed by atoms with E-state index < -0.39 is 0 Å². The number of fused-ring (bicyclic) bond motifs is 1. The van der Waals surface area contributed by atoms with E-state index in [0.29, 0.717) is 17.8 Å². The number of phenolic OH excluding ortho intramolecular Hbond substituents is 1. The molecule has 0 bridgehead atoms. The van der Waals surface area contributed by atoms with Gasteiger partial charge in [-0.2, -0.15) is 0 Å². The van der Waals surface area contributed by atoms with Gasteiger partial charge in [-0.15, -0.1) is 0 Å². The zero-order valence-electron chi connectivity index (χ0n) is 10.8. The Morgan fingerprint density at radius 2 is 2.12 bits per heavy atom. The van der Waals surface area contributed by atoms with Crippen molar-refractivity contribution in [3.8, 4) is 5.75 Å². The predicted molar refractivity (Wildman–Crippen MR) is 69.0 cm³/mol. The van der Waals surface area contributed by atoms with Crippen molar-refractivity contribution in [1.82, 2.24) is 0 Å². The van der Waals surface area contributed by atoms with Crippen LogP contribution in [0, 0.1) is 0 Å². The maximum atomic E-state index is 10.9. The van der Waals surface area contributed by atoms with E-state index in [2.05, 4.69) is 25.7 Å². The van der Waals surface area contributed by atoms with E-state index in [9.17, 15) is 9.90 Å². The smallest absolute Gasteiger partial charge is 0.153 e. The van der Waals surface area contributed by atoms with E-state index >= 15 is 0 Å². The zero-order valence-corrected chi connectivity index (χ0v) is 10.8. The third kappa shape index (κ3) is 1.79. The second kappa shape index (κ2) is 3.76. The average Bonchev–Trinajstić information content (AvgIpc) is 2.25. The monoisotopic (exact) mass is 233 g/mol. The number of aldehydes is 1. The number of anilines is 1. The summed E-state index contributed by atoms with van der Waals surface area (Å²) in [5.74, 6) is 0.464. The molecule has 0 aliphatic carbocycles. The van der Waals surface area contributed by atoms with Gasteiger partial charge in [0.05, 0.1) is 5.56 Å². The van der Waals surface area contributed by atoms with Crippen molar-refractivity contribution in [2.45, 2.75) is 38.6 Å². The highest BCUT2D eigenvalue weighted by molar-refractivity contribution is 5.82. The van der Waals surface area contributed by atoms with Crippen molar-refractivity contribution < 1.29 is 9.90 Å². The maximum absolute atomic E-state index is 10.9. The number of phenols is 1. The number of carbonyl (C=O) groups is 1. The molecule has 3 heteroatoms. The van der Waals surface area contributed by atoms with Crippen molar-refractivity contribution in [1.29, 1.82) is 0 Å². The van der Waals surface area contributed by atoms with Crippen LogP contribution in [0.3, 0.4) is 0 Å². The third-order valence-corrected chi connectivity index (χ3v) is 3.91. The molecule has 1 unspecified atom stereocenters. The van der Waals surface area contributed by atoms with Crippen LogP contribution in [0.5, 0.6) is 5.75 Å². The fraction of sp³-hybridized carbons (Fsp3) is 0.500. The average molecular weight is 233 g/mol. The first-order valence-electron chi connectivity index (χ1n) is 5.92. The number of nitrogens with zero attached hydrogens (tertiary/aromatic N) is 1. The van der Waals surface area contributed by atoms with Gasteiger partial charge in [0, 0.05) is 24.3 Å². The largest absolute Gasteiger partial charge is 0.507 e. The molecular formula is C14H19NO2. The van der Waals surface area contributed by atoms with Crippen LogP contribution in [-0.4, -0.2) is 24.0 Å². The van der Waals surface area contributed by atoms with Crippen LogP contribution in [0.2, 0.25) is 0 Å². The molecule has 1 heterocycles. The van der Waals surface area contributed by atoms with Crippen molar-refractivity contribution in [2.24, 2.45) is 0 Å². The minimum atomic E-state index is 0.0653. The van der Waals surface area contributed by atoms with Crippen LogP contribution in [0.1, 0.15) is 49.0 Å². The molecule has 1 aromatic rings. The number of rotatable bonds is 1. The molecule has 0 spiro atoms. The first-order chi connectivity index (χ1) is 7.86. The molecule has 0 saturated carbocycles. The van der Waals surface area contributed by atoms with Gasteiger partial charge in [-0.3, -0.25) is 4.79 Å². The van der Waals surface area contributed by atoms with Crippen LogP contribution in [0.15, 0.2) is 12.1 Å². The maximum Gasteiger partial charge on any atom is 0.153 e. The van der Waals surface area contributed by atoms with Gasteiger partial charge in [-0.05, 0) is 37.8 Å². The fourth-order valence-corrected chi connectivity index (χ4v) is 2.71. The lowest BCUT2D eigenvalue weighted by Gasteiger charge is -2.45.